The Balaban J connectivity index is 2.01. The molecule has 0 spiro atoms. The van der Waals surface area contributed by atoms with Crippen molar-refractivity contribution in [2.45, 2.75) is 5.66 Å². The molecule has 0 radical (unpaired) electrons. The second kappa shape index (κ2) is 6.85. The smallest absolute Gasteiger partial charge is 0.0279 e. The van der Waals surface area contributed by atoms with Crippen LogP contribution in [-0.2, 0) is 0 Å². The Hall–Kier alpha value is -1.69. The number of rotatable bonds is 5. The molecule has 0 heterocycles. The van der Waals surface area contributed by atoms with Gasteiger partial charge in [0.15, 0.2) is 0 Å². The lowest BCUT2D eigenvalue weighted by atomic mass is 10.2. The van der Waals surface area contributed by atoms with Crippen molar-refractivity contribution < 1.29 is 0 Å². The van der Waals surface area contributed by atoms with Crippen molar-refractivity contribution in [3.05, 3.63) is 84.5 Å². The summed E-state index contributed by atoms with van der Waals surface area (Å²) in [5.74, 6) is 0. The highest BCUT2D eigenvalue weighted by atomic mass is 31.1. The average molecular weight is 293 g/mol. The predicted molar refractivity (Wildman–Crippen MR) is 94.0 cm³/mol. The van der Waals surface area contributed by atoms with Crippen molar-refractivity contribution in [3.8, 4) is 0 Å². The molecule has 1 unspecified atom stereocenters. The number of likely N-dealkylation sites (N-methyl/N-ethyl adjacent to an activating group) is 1. The monoisotopic (exact) mass is 293 g/mol. The van der Waals surface area contributed by atoms with E-state index in [-0.39, 0.29) is 0 Å². The van der Waals surface area contributed by atoms with Gasteiger partial charge < -0.3 is 5.32 Å². The van der Waals surface area contributed by atoms with Crippen LogP contribution in [0.15, 0.2) is 84.5 Å². The quantitative estimate of drug-likeness (QED) is 0.835. The van der Waals surface area contributed by atoms with E-state index >= 15 is 0 Å². The van der Waals surface area contributed by atoms with Crippen molar-refractivity contribution in [1.82, 2.24) is 5.32 Å². The Morgan fingerprint density at radius 1 is 0.905 bits per heavy atom. The SMILES string of the molecule is CNCC1=CC=CC1P(c1ccccc1)c1ccccc1. The first-order valence-electron chi connectivity index (χ1n) is 7.31. The molecular formula is C19H20NP. The van der Waals surface area contributed by atoms with Gasteiger partial charge in [0, 0.05) is 12.2 Å². The second-order valence-corrected chi connectivity index (χ2v) is 7.47. The third kappa shape index (κ3) is 3.15. The molecule has 2 aromatic rings. The lowest BCUT2D eigenvalue weighted by molar-refractivity contribution is 0.869. The predicted octanol–water partition coefficient (Wildman–Crippen LogP) is 3.20. The molecule has 0 amide bonds. The van der Waals surface area contributed by atoms with Gasteiger partial charge in [-0.3, -0.25) is 0 Å². The maximum Gasteiger partial charge on any atom is 0.0279 e. The fourth-order valence-corrected chi connectivity index (χ4v) is 5.48. The zero-order valence-electron chi connectivity index (χ0n) is 12.2. The Morgan fingerprint density at radius 3 is 2.00 bits per heavy atom. The molecule has 2 heteroatoms. The first-order chi connectivity index (χ1) is 10.4. The number of benzene rings is 2. The van der Waals surface area contributed by atoms with E-state index in [4.69, 9.17) is 0 Å². The van der Waals surface area contributed by atoms with E-state index in [1.165, 1.54) is 16.2 Å². The van der Waals surface area contributed by atoms with E-state index in [0.717, 1.165) is 6.54 Å². The molecule has 1 atom stereocenters. The minimum atomic E-state index is -0.398. The van der Waals surface area contributed by atoms with Gasteiger partial charge in [0.25, 0.3) is 0 Å². The summed E-state index contributed by atoms with van der Waals surface area (Å²) >= 11 is 0. The van der Waals surface area contributed by atoms with Gasteiger partial charge in [-0.25, -0.2) is 0 Å². The van der Waals surface area contributed by atoms with E-state index in [9.17, 15) is 0 Å². The van der Waals surface area contributed by atoms with Gasteiger partial charge in [-0.2, -0.15) is 0 Å². The Kier molecular flexibility index (Phi) is 4.65. The van der Waals surface area contributed by atoms with Crippen LogP contribution in [0, 0.1) is 0 Å². The first-order valence-corrected chi connectivity index (χ1v) is 8.72. The van der Waals surface area contributed by atoms with Crippen LogP contribution < -0.4 is 15.9 Å². The topological polar surface area (TPSA) is 12.0 Å². The molecule has 21 heavy (non-hydrogen) atoms. The van der Waals surface area contributed by atoms with Gasteiger partial charge in [-0.1, -0.05) is 78.9 Å². The van der Waals surface area contributed by atoms with Crippen LogP contribution in [-0.4, -0.2) is 19.3 Å². The maximum atomic E-state index is 3.30. The van der Waals surface area contributed by atoms with Crippen LogP contribution >= 0.6 is 7.92 Å². The lowest BCUT2D eigenvalue weighted by Crippen LogP contribution is -2.24. The summed E-state index contributed by atoms with van der Waals surface area (Å²) in [5.41, 5.74) is 1.98. The maximum absolute atomic E-state index is 3.30. The molecule has 3 rings (SSSR count). The third-order valence-corrected chi connectivity index (χ3v) is 6.48. The summed E-state index contributed by atoms with van der Waals surface area (Å²) in [6, 6.07) is 21.8. The Morgan fingerprint density at radius 2 is 1.48 bits per heavy atom. The van der Waals surface area contributed by atoms with E-state index in [2.05, 4.69) is 84.2 Å². The standard InChI is InChI=1S/C19H20NP/c1-20-15-16-9-8-14-19(16)21(17-10-4-2-5-11-17)18-12-6-3-7-13-18/h2-14,19-20H,15H2,1H3. The van der Waals surface area contributed by atoms with E-state index in [1.807, 2.05) is 7.05 Å². The molecule has 2 aromatic carbocycles. The zero-order chi connectivity index (χ0) is 14.5. The summed E-state index contributed by atoms with van der Waals surface area (Å²) in [5, 5.41) is 6.18. The molecule has 0 aliphatic heterocycles. The fourth-order valence-electron chi connectivity index (χ4n) is 2.77. The van der Waals surface area contributed by atoms with Crippen molar-refractivity contribution in [3.63, 3.8) is 0 Å². The van der Waals surface area contributed by atoms with Crippen molar-refractivity contribution >= 4 is 18.5 Å². The molecule has 0 saturated heterocycles. The van der Waals surface area contributed by atoms with Crippen LogP contribution in [0.5, 0.6) is 0 Å². The van der Waals surface area contributed by atoms with Crippen molar-refractivity contribution in [2.75, 3.05) is 13.6 Å². The van der Waals surface area contributed by atoms with Crippen LogP contribution in [0.4, 0.5) is 0 Å². The highest BCUT2D eigenvalue weighted by molar-refractivity contribution is 7.74. The largest absolute Gasteiger partial charge is 0.316 e. The molecule has 106 valence electrons. The van der Waals surface area contributed by atoms with Gasteiger partial charge in [-0.05, 0) is 31.2 Å². The highest BCUT2D eigenvalue weighted by Crippen LogP contribution is 2.45. The second-order valence-electron chi connectivity index (χ2n) is 5.14. The van der Waals surface area contributed by atoms with Crippen molar-refractivity contribution in [1.29, 1.82) is 0 Å². The third-order valence-electron chi connectivity index (χ3n) is 3.71. The molecule has 1 nitrogen and oxygen atoms in total. The lowest BCUT2D eigenvalue weighted by Gasteiger charge is -2.26. The number of allylic oxidation sites excluding steroid dienone is 3. The first kappa shape index (κ1) is 14.3. The molecule has 0 fully saturated rings. The summed E-state index contributed by atoms with van der Waals surface area (Å²) in [6.45, 7) is 0.955. The van der Waals surface area contributed by atoms with Crippen LogP contribution in [0.25, 0.3) is 0 Å². The zero-order valence-corrected chi connectivity index (χ0v) is 13.1. The number of nitrogens with one attached hydrogen (secondary N) is 1. The molecule has 1 aliphatic rings. The van der Waals surface area contributed by atoms with Crippen LogP contribution in [0.2, 0.25) is 0 Å². The fraction of sp³-hybridized carbons (Fsp3) is 0.158. The molecule has 0 saturated carbocycles. The minimum absolute atomic E-state index is 0.398. The minimum Gasteiger partial charge on any atom is -0.316 e. The van der Waals surface area contributed by atoms with Gasteiger partial charge in [-0.15, -0.1) is 0 Å². The van der Waals surface area contributed by atoms with Crippen LogP contribution in [0.3, 0.4) is 0 Å². The number of hydrogen-bond acceptors (Lipinski definition) is 1. The Bertz CT molecular complexity index is 592. The summed E-state index contributed by atoms with van der Waals surface area (Å²) in [4.78, 5) is 0. The molecule has 0 bridgehead atoms. The van der Waals surface area contributed by atoms with Gasteiger partial charge in [0.05, 0.1) is 0 Å². The normalized spacial score (nSPS) is 17.2. The summed E-state index contributed by atoms with van der Waals surface area (Å²) < 4.78 is 0. The van der Waals surface area contributed by atoms with Gasteiger partial charge in [0.2, 0.25) is 0 Å². The van der Waals surface area contributed by atoms with Gasteiger partial charge >= 0.3 is 0 Å². The van der Waals surface area contributed by atoms with E-state index in [1.54, 1.807) is 0 Å². The average Bonchev–Trinajstić information content (AvgIpc) is 2.98. The molecular weight excluding hydrogens is 273 g/mol. The molecule has 1 N–H and O–H groups in total. The highest BCUT2D eigenvalue weighted by Gasteiger charge is 2.26. The van der Waals surface area contributed by atoms with Crippen LogP contribution in [0.1, 0.15) is 0 Å². The van der Waals surface area contributed by atoms with E-state index < -0.39 is 7.92 Å². The molecule has 0 aromatic heterocycles. The summed E-state index contributed by atoms with van der Waals surface area (Å²) in [7, 11) is 1.62. The number of hydrogen-bond donors (Lipinski definition) is 1. The van der Waals surface area contributed by atoms with Gasteiger partial charge in [0.1, 0.15) is 0 Å². The Labute approximate surface area is 128 Å². The molecule has 1 aliphatic carbocycles. The van der Waals surface area contributed by atoms with E-state index in [0.29, 0.717) is 5.66 Å². The summed E-state index contributed by atoms with van der Waals surface area (Å²) in [6.07, 6.45) is 6.83. The van der Waals surface area contributed by atoms with Crippen molar-refractivity contribution in [2.24, 2.45) is 0 Å².